The zero-order valence-electron chi connectivity index (χ0n) is 10.4. The third kappa shape index (κ3) is 4.48. The SMILES string of the molecule is CC(C)Cc1ccccc1CNC(C)C. The van der Waals surface area contributed by atoms with Crippen molar-refractivity contribution in [3.05, 3.63) is 35.4 Å². The maximum atomic E-state index is 3.48. The molecule has 0 bridgehead atoms. The molecule has 0 amide bonds. The molecule has 0 fully saturated rings. The lowest BCUT2D eigenvalue weighted by molar-refractivity contribution is 0.579. The molecule has 1 rings (SSSR count). The maximum Gasteiger partial charge on any atom is 0.0210 e. The quantitative estimate of drug-likeness (QED) is 0.777. The van der Waals surface area contributed by atoms with Crippen LogP contribution in [0, 0.1) is 5.92 Å². The second kappa shape index (κ2) is 5.92. The predicted octanol–water partition coefficient (Wildman–Crippen LogP) is 3.38. The molecule has 1 aromatic carbocycles. The van der Waals surface area contributed by atoms with Gasteiger partial charge >= 0.3 is 0 Å². The van der Waals surface area contributed by atoms with E-state index in [1.54, 1.807) is 0 Å². The first-order chi connectivity index (χ1) is 7.09. The topological polar surface area (TPSA) is 12.0 Å². The largest absolute Gasteiger partial charge is 0.310 e. The highest BCUT2D eigenvalue weighted by molar-refractivity contribution is 5.27. The number of benzene rings is 1. The van der Waals surface area contributed by atoms with Gasteiger partial charge in [0.1, 0.15) is 0 Å². The van der Waals surface area contributed by atoms with Gasteiger partial charge in [-0.05, 0) is 23.5 Å². The van der Waals surface area contributed by atoms with Crippen LogP contribution in [-0.2, 0) is 13.0 Å². The minimum absolute atomic E-state index is 0.553. The Kier molecular flexibility index (Phi) is 4.83. The number of hydrogen-bond donors (Lipinski definition) is 1. The molecule has 0 radical (unpaired) electrons. The van der Waals surface area contributed by atoms with E-state index in [0.29, 0.717) is 6.04 Å². The Balaban J connectivity index is 2.68. The molecular formula is C14H23N. The Bertz CT molecular complexity index is 289. The molecule has 0 unspecified atom stereocenters. The summed E-state index contributed by atoms with van der Waals surface area (Å²) in [4.78, 5) is 0. The highest BCUT2D eigenvalue weighted by atomic mass is 14.9. The van der Waals surface area contributed by atoms with Crippen molar-refractivity contribution < 1.29 is 0 Å². The molecule has 0 spiro atoms. The minimum atomic E-state index is 0.553. The van der Waals surface area contributed by atoms with Gasteiger partial charge in [-0.2, -0.15) is 0 Å². The van der Waals surface area contributed by atoms with Crippen LogP contribution < -0.4 is 5.32 Å². The summed E-state index contributed by atoms with van der Waals surface area (Å²) < 4.78 is 0. The lowest BCUT2D eigenvalue weighted by atomic mass is 9.98. The van der Waals surface area contributed by atoms with Gasteiger partial charge in [-0.25, -0.2) is 0 Å². The third-order valence-corrected chi connectivity index (χ3v) is 2.45. The fourth-order valence-electron chi connectivity index (χ4n) is 1.68. The molecule has 15 heavy (non-hydrogen) atoms. The highest BCUT2D eigenvalue weighted by Gasteiger charge is 2.04. The molecule has 1 nitrogen and oxygen atoms in total. The van der Waals surface area contributed by atoms with Crippen LogP contribution >= 0.6 is 0 Å². The monoisotopic (exact) mass is 205 g/mol. The standard InChI is InChI=1S/C14H23N/c1-11(2)9-13-7-5-6-8-14(13)10-15-12(3)4/h5-8,11-12,15H,9-10H2,1-4H3. The van der Waals surface area contributed by atoms with Crippen LogP contribution in [0.5, 0.6) is 0 Å². The van der Waals surface area contributed by atoms with Crippen LogP contribution in [0.4, 0.5) is 0 Å². The molecule has 1 aromatic rings. The Morgan fingerprint density at radius 2 is 1.60 bits per heavy atom. The maximum absolute atomic E-state index is 3.48. The number of hydrogen-bond acceptors (Lipinski definition) is 1. The van der Waals surface area contributed by atoms with E-state index in [4.69, 9.17) is 0 Å². The van der Waals surface area contributed by atoms with Gasteiger partial charge in [-0.15, -0.1) is 0 Å². The van der Waals surface area contributed by atoms with Crippen LogP contribution in [0.2, 0.25) is 0 Å². The molecule has 1 N–H and O–H groups in total. The molecule has 0 saturated carbocycles. The second-order valence-electron chi connectivity index (χ2n) is 4.90. The lowest BCUT2D eigenvalue weighted by Crippen LogP contribution is -2.22. The normalized spacial score (nSPS) is 11.3. The summed E-state index contributed by atoms with van der Waals surface area (Å²) in [6.45, 7) is 9.90. The van der Waals surface area contributed by atoms with Crippen LogP contribution in [0.3, 0.4) is 0 Å². The summed E-state index contributed by atoms with van der Waals surface area (Å²) in [5.41, 5.74) is 2.93. The van der Waals surface area contributed by atoms with Crippen molar-refractivity contribution in [3.63, 3.8) is 0 Å². The molecule has 0 heterocycles. The molecule has 0 aliphatic rings. The average Bonchev–Trinajstić information content (AvgIpc) is 2.15. The van der Waals surface area contributed by atoms with Crippen molar-refractivity contribution in [3.8, 4) is 0 Å². The number of nitrogens with one attached hydrogen (secondary N) is 1. The van der Waals surface area contributed by atoms with Crippen molar-refractivity contribution in [1.29, 1.82) is 0 Å². The fraction of sp³-hybridized carbons (Fsp3) is 0.571. The summed E-state index contributed by atoms with van der Waals surface area (Å²) in [6, 6.07) is 9.29. The summed E-state index contributed by atoms with van der Waals surface area (Å²) in [7, 11) is 0. The van der Waals surface area contributed by atoms with Crippen LogP contribution in [-0.4, -0.2) is 6.04 Å². The molecule has 0 aromatic heterocycles. The molecule has 0 aliphatic carbocycles. The second-order valence-corrected chi connectivity index (χ2v) is 4.90. The van der Waals surface area contributed by atoms with Crippen LogP contribution in [0.15, 0.2) is 24.3 Å². The van der Waals surface area contributed by atoms with Gasteiger partial charge < -0.3 is 5.32 Å². The van der Waals surface area contributed by atoms with Crippen molar-refractivity contribution in [2.45, 2.75) is 46.7 Å². The zero-order chi connectivity index (χ0) is 11.3. The first-order valence-electron chi connectivity index (χ1n) is 5.89. The van der Waals surface area contributed by atoms with Gasteiger partial charge in [0, 0.05) is 12.6 Å². The summed E-state index contributed by atoms with van der Waals surface area (Å²) in [6.07, 6.45) is 1.18. The smallest absolute Gasteiger partial charge is 0.0210 e. The summed E-state index contributed by atoms with van der Waals surface area (Å²) in [5.74, 6) is 0.727. The van der Waals surface area contributed by atoms with Gasteiger partial charge in [-0.1, -0.05) is 52.0 Å². The van der Waals surface area contributed by atoms with Gasteiger partial charge in [-0.3, -0.25) is 0 Å². The molecule has 0 saturated heterocycles. The Morgan fingerprint density at radius 3 is 2.13 bits per heavy atom. The highest BCUT2D eigenvalue weighted by Crippen LogP contribution is 2.13. The van der Waals surface area contributed by atoms with Crippen molar-refractivity contribution >= 4 is 0 Å². The first-order valence-corrected chi connectivity index (χ1v) is 5.89. The molecule has 0 atom stereocenters. The molecule has 84 valence electrons. The summed E-state index contributed by atoms with van der Waals surface area (Å²) >= 11 is 0. The van der Waals surface area contributed by atoms with Gasteiger partial charge in [0.25, 0.3) is 0 Å². The first kappa shape index (κ1) is 12.3. The molecule has 1 heteroatoms. The van der Waals surface area contributed by atoms with E-state index in [-0.39, 0.29) is 0 Å². The predicted molar refractivity (Wildman–Crippen MR) is 67.0 cm³/mol. The van der Waals surface area contributed by atoms with E-state index < -0.39 is 0 Å². The lowest BCUT2D eigenvalue weighted by Gasteiger charge is -2.13. The number of rotatable bonds is 5. The van der Waals surface area contributed by atoms with Gasteiger partial charge in [0.2, 0.25) is 0 Å². The average molecular weight is 205 g/mol. The molecular weight excluding hydrogens is 182 g/mol. The van der Waals surface area contributed by atoms with E-state index in [0.717, 1.165) is 12.5 Å². The van der Waals surface area contributed by atoms with Gasteiger partial charge in [0.05, 0.1) is 0 Å². The Hall–Kier alpha value is -0.820. The van der Waals surface area contributed by atoms with E-state index in [9.17, 15) is 0 Å². The van der Waals surface area contributed by atoms with Gasteiger partial charge in [0.15, 0.2) is 0 Å². The Labute approximate surface area is 93.9 Å². The van der Waals surface area contributed by atoms with Crippen molar-refractivity contribution in [2.75, 3.05) is 0 Å². The van der Waals surface area contributed by atoms with Crippen molar-refractivity contribution in [2.24, 2.45) is 5.92 Å². The van der Waals surface area contributed by atoms with E-state index in [2.05, 4.69) is 57.3 Å². The zero-order valence-corrected chi connectivity index (χ0v) is 10.4. The van der Waals surface area contributed by atoms with Crippen LogP contribution in [0.25, 0.3) is 0 Å². The minimum Gasteiger partial charge on any atom is -0.310 e. The summed E-state index contributed by atoms with van der Waals surface area (Å²) in [5, 5.41) is 3.48. The van der Waals surface area contributed by atoms with E-state index >= 15 is 0 Å². The fourth-order valence-corrected chi connectivity index (χ4v) is 1.68. The third-order valence-electron chi connectivity index (χ3n) is 2.45. The van der Waals surface area contributed by atoms with Crippen molar-refractivity contribution in [1.82, 2.24) is 5.32 Å². The van der Waals surface area contributed by atoms with E-state index in [1.165, 1.54) is 17.5 Å². The van der Waals surface area contributed by atoms with E-state index in [1.807, 2.05) is 0 Å². The van der Waals surface area contributed by atoms with Crippen LogP contribution in [0.1, 0.15) is 38.8 Å². The Morgan fingerprint density at radius 1 is 1.00 bits per heavy atom. The molecule has 0 aliphatic heterocycles.